The van der Waals surface area contributed by atoms with Crippen molar-refractivity contribution in [2.45, 2.75) is 18.3 Å². The number of nitrogens with one attached hydrogen (secondary N) is 1. The Morgan fingerprint density at radius 1 is 1.60 bits per heavy atom. The molecule has 0 bridgehead atoms. The average molecular weight is 207 g/mol. The largest absolute Gasteiger partial charge is 0.468 e. The Morgan fingerprint density at radius 2 is 2.33 bits per heavy atom. The van der Waals surface area contributed by atoms with Gasteiger partial charge in [-0.1, -0.05) is 6.07 Å². The van der Waals surface area contributed by atoms with Crippen molar-refractivity contribution in [1.29, 1.82) is 0 Å². The lowest BCUT2D eigenvalue weighted by Crippen LogP contribution is -2.22. The lowest BCUT2D eigenvalue weighted by Gasteiger charge is -2.12. The number of ether oxygens (including phenoxy) is 1. The van der Waals surface area contributed by atoms with Crippen LogP contribution in [0.3, 0.4) is 0 Å². The molecule has 1 heterocycles. The van der Waals surface area contributed by atoms with Gasteiger partial charge in [-0.3, -0.25) is 4.79 Å². The number of esters is 1. The molecule has 1 fully saturated rings. The molecule has 3 N–H and O–H groups in total. The number of pyridine rings is 1. The van der Waals surface area contributed by atoms with Gasteiger partial charge in [0.05, 0.1) is 12.5 Å². The Morgan fingerprint density at radius 3 is 2.73 bits per heavy atom. The standard InChI is InChI=1S/C10H13N3O2/c1-15-9(14)10(4-5-10)7-2-3-8(13-11)12-6-7/h2-3,6H,4-5,11H2,1H3,(H,12,13). The SMILES string of the molecule is COC(=O)C1(c2ccc(NN)nc2)CC1. The number of hydrogen-bond acceptors (Lipinski definition) is 5. The normalized spacial score (nSPS) is 16.9. The van der Waals surface area contributed by atoms with Gasteiger partial charge in [0.2, 0.25) is 0 Å². The number of nitrogens with two attached hydrogens (primary N) is 1. The van der Waals surface area contributed by atoms with Crippen molar-refractivity contribution < 1.29 is 9.53 Å². The Kier molecular flexibility index (Phi) is 2.32. The third kappa shape index (κ3) is 1.55. The molecule has 0 aromatic carbocycles. The summed E-state index contributed by atoms with van der Waals surface area (Å²) in [6, 6.07) is 3.60. The first-order valence-corrected chi connectivity index (χ1v) is 4.74. The van der Waals surface area contributed by atoms with E-state index >= 15 is 0 Å². The fourth-order valence-electron chi connectivity index (χ4n) is 1.69. The zero-order chi connectivity index (χ0) is 10.9. The van der Waals surface area contributed by atoms with Crippen LogP contribution < -0.4 is 11.3 Å². The molecule has 1 aliphatic carbocycles. The number of rotatable bonds is 3. The Hall–Kier alpha value is -1.62. The lowest BCUT2D eigenvalue weighted by atomic mass is 9.98. The highest BCUT2D eigenvalue weighted by atomic mass is 16.5. The first-order chi connectivity index (χ1) is 7.23. The van der Waals surface area contributed by atoms with E-state index in [0.717, 1.165) is 18.4 Å². The van der Waals surface area contributed by atoms with Crippen molar-refractivity contribution in [1.82, 2.24) is 4.98 Å². The van der Waals surface area contributed by atoms with Crippen LogP contribution in [0.4, 0.5) is 5.82 Å². The molecule has 0 saturated heterocycles. The van der Waals surface area contributed by atoms with Crippen LogP contribution in [-0.2, 0) is 14.9 Å². The molecule has 0 atom stereocenters. The van der Waals surface area contributed by atoms with Gasteiger partial charge in [0, 0.05) is 6.20 Å². The molecule has 0 aliphatic heterocycles. The van der Waals surface area contributed by atoms with Gasteiger partial charge in [-0.25, -0.2) is 10.8 Å². The van der Waals surface area contributed by atoms with Crippen molar-refractivity contribution in [3.05, 3.63) is 23.9 Å². The highest BCUT2D eigenvalue weighted by molar-refractivity contribution is 5.86. The number of aromatic nitrogens is 1. The van der Waals surface area contributed by atoms with Crippen LogP contribution in [0.1, 0.15) is 18.4 Å². The monoisotopic (exact) mass is 207 g/mol. The predicted molar refractivity (Wildman–Crippen MR) is 55.0 cm³/mol. The number of hydrazine groups is 1. The first kappa shape index (κ1) is 9.92. The maximum absolute atomic E-state index is 11.6. The minimum Gasteiger partial charge on any atom is -0.468 e. The molecular formula is C10H13N3O2. The number of nitrogen functional groups attached to an aromatic ring is 1. The fraction of sp³-hybridized carbons (Fsp3) is 0.400. The molecule has 2 rings (SSSR count). The van der Waals surface area contributed by atoms with Crippen LogP contribution in [0, 0.1) is 0 Å². The maximum Gasteiger partial charge on any atom is 0.316 e. The van der Waals surface area contributed by atoms with Crippen molar-refractivity contribution in [2.75, 3.05) is 12.5 Å². The summed E-state index contributed by atoms with van der Waals surface area (Å²) in [5, 5.41) is 0. The van der Waals surface area contributed by atoms with Crippen LogP contribution >= 0.6 is 0 Å². The summed E-state index contributed by atoms with van der Waals surface area (Å²) in [5.41, 5.74) is 2.89. The fourth-order valence-corrected chi connectivity index (χ4v) is 1.69. The minimum atomic E-state index is -0.450. The molecule has 1 aromatic heterocycles. The molecule has 1 aliphatic rings. The number of hydrogen-bond donors (Lipinski definition) is 2. The first-order valence-electron chi connectivity index (χ1n) is 4.74. The van der Waals surface area contributed by atoms with E-state index in [1.165, 1.54) is 7.11 Å². The van der Waals surface area contributed by atoms with Crippen molar-refractivity contribution in [2.24, 2.45) is 5.84 Å². The van der Waals surface area contributed by atoms with Gasteiger partial charge in [-0.15, -0.1) is 0 Å². The van der Waals surface area contributed by atoms with Gasteiger partial charge in [-0.05, 0) is 24.5 Å². The van der Waals surface area contributed by atoms with Crippen molar-refractivity contribution in [3.8, 4) is 0 Å². The second kappa shape index (κ2) is 3.51. The molecule has 5 nitrogen and oxygen atoms in total. The molecule has 0 unspecified atom stereocenters. The highest BCUT2D eigenvalue weighted by Gasteiger charge is 2.52. The van der Waals surface area contributed by atoms with E-state index in [0.29, 0.717) is 5.82 Å². The van der Waals surface area contributed by atoms with E-state index < -0.39 is 5.41 Å². The maximum atomic E-state index is 11.6. The summed E-state index contributed by atoms with van der Waals surface area (Å²) in [4.78, 5) is 15.6. The van der Waals surface area contributed by atoms with E-state index in [1.54, 1.807) is 12.3 Å². The molecule has 1 saturated carbocycles. The van der Waals surface area contributed by atoms with Crippen molar-refractivity contribution >= 4 is 11.8 Å². The van der Waals surface area contributed by atoms with E-state index in [-0.39, 0.29) is 5.97 Å². The third-order valence-corrected chi connectivity index (χ3v) is 2.79. The molecular weight excluding hydrogens is 194 g/mol. The second-order valence-corrected chi connectivity index (χ2v) is 3.65. The summed E-state index contributed by atoms with van der Waals surface area (Å²) in [7, 11) is 1.41. The minimum absolute atomic E-state index is 0.183. The van der Waals surface area contributed by atoms with Gasteiger partial charge in [-0.2, -0.15) is 0 Å². The summed E-state index contributed by atoms with van der Waals surface area (Å²) in [5.74, 6) is 5.61. The molecule has 5 heteroatoms. The number of carbonyl (C=O) groups excluding carboxylic acids is 1. The van der Waals surface area contributed by atoms with Crippen LogP contribution in [0.5, 0.6) is 0 Å². The smallest absolute Gasteiger partial charge is 0.316 e. The van der Waals surface area contributed by atoms with Crippen LogP contribution in [0.25, 0.3) is 0 Å². The lowest BCUT2D eigenvalue weighted by molar-refractivity contribution is -0.143. The van der Waals surface area contributed by atoms with Crippen LogP contribution in [0.15, 0.2) is 18.3 Å². The molecule has 15 heavy (non-hydrogen) atoms. The second-order valence-electron chi connectivity index (χ2n) is 3.65. The van der Waals surface area contributed by atoms with Gasteiger partial charge in [0.25, 0.3) is 0 Å². The zero-order valence-electron chi connectivity index (χ0n) is 8.49. The molecule has 0 radical (unpaired) electrons. The number of nitrogens with zero attached hydrogens (tertiary/aromatic N) is 1. The Bertz CT molecular complexity index is 371. The number of methoxy groups -OCH3 is 1. The quantitative estimate of drug-likeness (QED) is 0.430. The molecule has 0 amide bonds. The molecule has 1 aromatic rings. The van der Waals surface area contributed by atoms with E-state index in [1.807, 2.05) is 6.07 Å². The summed E-state index contributed by atoms with van der Waals surface area (Å²) >= 11 is 0. The van der Waals surface area contributed by atoms with Crippen molar-refractivity contribution in [3.63, 3.8) is 0 Å². The van der Waals surface area contributed by atoms with Gasteiger partial charge in [0.1, 0.15) is 5.82 Å². The topological polar surface area (TPSA) is 77.2 Å². The van der Waals surface area contributed by atoms with Gasteiger partial charge < -0.3 is 10.2 Å². The summed E-state index contributed by atoms with van der Waals surface area (Å²) in [6.07, 6.45) is 3.33. The molecule has 80 valence electrons. The van der Waals surface area contributed by atoms with Crippen LogP contribution in [0.2, 0.25) is 0 Å². The Balaban J connectivity index is 2.26. The Labute approximate surface area is 87.6 Å². The van der Waals surface area contributed by atoms with Gasteiger partial charge in [0.15, 0.2) is 0 Å². The summed E-state index contributed by atoms with van der Waals surface area (Å²) in [6.45, 7) is 0. The van der Waals surface area contributed by atoms with Gasteiger partial charge >= 0.3 is 5.97 Å². The average Bonchev–Trinajstić information content (AvgIpc) is 3.09. The van der Waals surface area contributed by atoms with E-state index in [4.69, 9.17) is 10.6 Å². The number of anilines is 1. The van der Waals surface area contributed by atoms with E-state index in [9.17, 15) is 4.79 Å². The summed E-state index contributed by atoms with van der Waals surface area (Å²) < 4.78 is 4.78. The molecule has 0 spiro atoms. The zero-order valence-corrected chi connectivity index (χ0v) is 8.49. The highest BCUT2D eigenvalue weighted by Crippen LogP contribution is 2.48. The van der Waals surface area contributed by atoms with E-state index in [2.05, 4.69) is 10.4 Å². The number of carbonyl (C=O) groups is 1. The predicted octanol–water partition coefficient (Wildman–Crippen LogP) is 0.572. The van der Waals surface area contributed by atoms with Crippen LogP contribution in [-0.4, -0.2) is 18.1 Å². The third-order valence-electron chi connectivity index (χ3n) is 2.79.